The van der Waals surface area contributed by atoms with Crippen LogP contribution in [-0.2, 0) is 18.4 Å². The van der Waals surface area contributed by atoms with Gasteiger partial charge in [0.2, 0.25) is 5.88 Å². The summed E-state index contributed by atoms with van der Waals surface area (Å²) >= 11 is 1.56. The maximum absolute atomic E-state index is 11.8. The van der Waals surface area contributed by atoms with E-state index in [4.69, 9.17) is 9.47 Å². The van der Waals surface area contributed by atoms with E-state index in [1.807, 2.05) is 25.4 Å². The highest BCUT2D eigenvalue weighted by Crippen LogP contribution is 2.25. The molecule has 20 heavy (non-hydrogen) atoms. The van der Waals surface area contributed by atoms with Crippen LogP contribution in [-0.4, -0.2) is 29.1 Å². The summed E-state index contributed by atoms with van der Waals surface area (Å²) < 4.78 is 12.1. The molecular formula is C14H16N2O3S. The number of carbonyl (C=O) groups excluding carboxylic acids is 1. The van der Waals surface area contributed by atoms with E-state index in [0.717, 1.165) is 10.5 Å². The summed E-state index contributed by atoms with van der Waals surface area (Å²) in [6.45, 7) is 0.276. The quantitative estimate of drug-likeness (QED) is 0.626. The average Bonchev–Trinajstić information content (AvgIpc) is 2.89. The molecule has 0 unspecified atom stereocenters. The van der Waals surface area contributed by atoms with Crippen molar-refractivity contribution >= 4 is 17.7 Å². The highest BCUT2D eigenvalue weighted by atomic mass is 32.2. The molecule has 0 bridgehead atoms. The Morgan fingerprint density at radius 1 is 1.40 bits per heavy atom. The Hall–Kier alpha value is -1.95. The molecule has 5 nitrogen and oxygen atoms in total. The number of methoxy groups -OCH3 is 1. The zero-order valence-corrected chi connectivity index (χ0v) is 12.4. The lowest BCUT2D eigenvalue weighted by molar-refractivity contribution is 0.0597. The van der Waals surface area contributed by atoms with E-state index in [-0.39, 0.29) is 12.6 Å². The van der Waals surface area contributed by atoms with Gasteiger partial charge in [-0.1, -0.05) is 6.07 Å². The van der Waals surface area contributed by atoms with E-state index in [1.54, 1.807) is 34.8 Å². The Morgan fingerprint density at radius 3 is 2.80 bits per heavy atom. The molecule has 0 spiro atoms. The number of esters is 1. The highest BCUT2D eigenvalue weighted by molar-refractivity contribution is 7.98. The van der Waals surface area contributed by atoms with Crippen LogP contribution in [0.2, 0.25) is 0 Å². The first-order valence-electron chi connectivity index (χ1n) is 6.02. The fourth-order valence-corrected chi connectivity index (χ4v) is 2.45. The predicted octanol–water partition coefficient (Wildman–Crippen LogP) is 2.51. The van der Waals surface area contributed by atoms with Crippen LogP contribution in [0.4, 0.5) is 0 Å². The number of benzene rings is 1. The summed E-state index contributed by atoms with van der Waals surface area (Å²) in [5.41, 5.74) is 1.34. The van der Waals surface area contributed by atoms with Gasteiger partial charge in [0.1, 0.15) is 6.61 Å². The van der Waals surface area contributed by atoms with Crippen LogP contribution in [0.5, 0.6) is 5.88 Å². The summed E-state index contributed by atoms with van der Waals surface area (Å²) in [5.74, 6) is 0.166. The third-order valence-corrected chi connectivity index (χ3v) is 3.63. The van der Waals surface area contributed by atoms with Gasteiger partial charge in [0.15, 0.2) is 0 Å². The van der Waals surface area contributed by atoms with Crippen molar-refractivity contribution in [3.63, 3.8) is 0 Å². The summed E-state index contributed by atoms with van der Waals surface area (Å²) in [7, 11) is 3.19. The van der Waals surface area contributed by atoms with Crippen molar-refractivity contribution in [1.82, 2.24) is 9.78 Å². The van der Waals surface area contributed by atoms with Crippen LogP contribution in [0, 0.1) is 0 Å². The van der Waals surface area contributed by atoms with Crippen molar-refractivity contribution < 1.29 is 14.3 Å². The van der Waals surface area contributed by atoms with Gasteiger partial charge in [-0.15, -0.1) is 16.9 Å². The van der Waals surface area contributed by atoms with Gasteiger partial charge in [0.05, 0.1) is 12.7 Å². The molecule has 0 amide bonds. The summed E-state index contributed by atoms with van der Waals surface area (Å²) in [6, 6.07) is 7.30. The van der Waals surface area contributed by atoms with Gasteiger partial charge in [0, 0.05) is 29.8 Å². The van der Waals surface area contributed by atoms with Crippen molar-refractivity contribution in [2.45, 2.75) is 11.5 Å². The minimum Gasteiger partial charge on any atom is -0.472 e. The van der Waals surface area contributed by atoms with Crippen LogP contribution in [0.25, 0.3) is 0 Å². The molecule has 0 aliphatic carbocycles. The van der Waals surface area contributed by atoms with E-state index < -0.39 is 0 Å². The monoisotopic (exact) mass is 292 g/mol. The molecule has 1 aromatic carbocycles. The number of carbonyl (C=O) groups is 1. The molecule has 2 rings (SSSR count). The van der Waals surface area contributed by atoms with Crippen LogP contribution < -0.4 is 4.74 Å². The molecule has 1 heterocycles. The van der Waals surface area contributed by atoms with Gasteiger partial charge < -0.3 is 9.47 Å². The molecule has 1 aromatic heterocycles. The molecule has 0 saturated carbocycles. The third-order valence-electron chi connectivity index (χ3n) is 2.81. The van der Waals surface area contributed by atoms with Crippen LogP contribution in [0.1, 0.15) is 15.9 Å². The number of hydrogen-bond donors (Lipinski definition) is 0. The third kappa shape index (κ3) is 3.14. The topological polar surface area (TPSA) is 53.4 Å². The lowest BCUT2D eigenvalue weighted by Gasteiger charge is -2.12. The summed E-state index contributed by atoms with van der Waals surface area (Å²) in [5, 5.41) is 4.15. The fraction of sp³-hybridized carbons (Fsp3) is 0.286. The summed E-state index contributed by atoms with van der Waals surface area (Å²) in [4.78, 5) is 12.8. The van der Waals surface area contributed by atoms with Crippen molar-refractivity contribution in [2.75, 3.05) is 13.4 Å². The standard InChI is InChI=1S/C14H16N2O3S/c1-16-8-7-13(15-16)19-9-11-10(14(17)18-2)5-4-6-12(11)20-3/h4-8H,9H2,1-3H3. The molecule has 0 fully saturated rings. The molecule has 0 aliphatic heterocycles. The van der Waals surface area contributed by atoms with E-state index in [0.29, 0.717) is 11.4 Å². The molecule has 0 N–H and O–H groups in total. The van der Waals surface area contributed by atoms with Gasteiger partial charge in [0.25, 0.3) is 0 Å². The minimum atomic E-state index is -0.361. The van der Waals surface area contributed by atoms with Crippen LogP contribution >= 0.6 is 11.8 Å². The molecule has 0 aliphatic rings. The van der Waals surface area contributed by atoms with E-state index >= 15 is 0 Å². The van der Waals surface area contributed by atoms with Crippen LogP contribution in [0.3, 0.4) is 0 Å². The normalized spacial score (nSPS) is 10.3. The second-order valence-electron chi connectivity index (χ2n) is 4.09. The molecular weight excluding hydrogens is 276 g/mol. The van der Waals surface area contributed by atoms with Crippen molar-refractivity contribution in [2.24, 2.45) is 7.05 Å². The Morgan fingerprint density at radius 2 is 2.20 bits per heavy atom. The van der Waals surface area contributed by atoms with Gasteiger partial charge in [-0.3, -0.25) is 4.68 Å². The van der Waals surface area contributed by atoms with E-state index in [1.165, 1.54) is 7.11 Å². The number of ether oxygens (including phenoxy) is 2. The number of thioether (sulfide) groups is 1. The molecule has 106 valence electrons. The molecule has 0 atom stereocenters. The lowest BCUT2D eigenvalue weighted by atomic mass is 10.1. The molecule has 0 radical (unpaired) electrons. The van der Waals surface area contributed by atoms with Gasteiger partial charge in [-0.05, 0) is 18.4 Å². The summed E-state index contributed by atoms with van der Waals surface area (Å²) in [6.07, 6.45) is 3.76. The number of aryl methyl sites for hydroxylation is 1. The Labute approximate surface area is 121 Å². The SMILES string of the molecule is COC(=O)c1cccc(SC)c1COc1ccn(C)n1. The fourth-order valence-electron chi connectivity index (χ4n) is 1.82. The number of aromatic nitrogens is 2. The van der Waals surface area contributed by atoms with Crippen molar-refractivity contribution in [1.29, 1.82) is 0 Å². The average molecular weight is 292 g/mol. The Bertz CT molecular complexity index is 610. The van der Waals surface area contributed by atoms with Gasteiger partial charge >= 0.3 is 5.97 Å². The van der Waals surface area contributed by atoms with Gasteiger partial charge in [-0.25, -0.2) is 4.79 Å². The van der Waals surface area contributed by atoms with Crippen molar-refractivity contribution in [3.8, 4) is 5.88 Å². The maximum atomic E-state index is 11.8. The largest absolute Gasteiger partial charge is 0.472 e. The highest BCUT2D eigenvalue weighted by Gasteiger charge is 2.16. The number of nitrogens with zero attached hydrogens (tertiary/aromatic N) is 2. The first-order valence-corrected chi connectivity index (χ1v) is 7.25. The Balaban J connectivity index is 2.26. The first-order chi connectivity index (χ1) is 9.65. The number of rotatable bonds is 5. The number of hydrogen-bond acceptors (Lipinski definition) is 5. The van der Waals surface area contributed by atoms with Gasteiger partial charge in [-0.2, -0.15) is 0 Å². The Kier molecular flexibility index (Phi) is 4.68. The van der Waals surface area contributed by atoms with Crippen LogP contribution in [0.15, 0.2) is 35.4 Å². The first kappa shape index (κ1) is 14.5. The predicted molar refractivity (Wildman–Crippen MR) is 77.1 cm³/mol. The zero-order chi connectivity index (χ0) is 14.5. The van der Waals surface area contributed by atoms with E-state index in [2.05, 4.69) is 5.10 Å². The molecule has 6 heteroatoms. The minimum absolute atomic E-state index is 0.276. The zero-order valence-electron chi connectivity index (χ0n) is 11.6. The van der Waals surface area contributed by atoms with Crippen molar-refractivity contribution in [3.05, 3.63) is 41.6 Å². The second kappa shape index (κ2) is 6.47. The van der Waals surface area contributed by atoms with E-state index in [9.17, 15) is 4.79 Å². The maximum Gasteiger partial charge on any atom is 0.338 e. The smallest absolute Gasteiger partial charge is 0.338 e. The molecule has 2 aromatic rings. The lowest BCUT2D eigenvalue weighted by Crippen LogP contribution is -2.09. The second-order valence-corrected chi connectivity index (χ2v) is 4.94. The molecule has 0 saturated heterocycles.